The van der Waals surface area contributed by atoms with Crippen molar-refractivity contribution >= 4 is 23.3 Å². The summed E-state index contributed by atoms with van der Waals surface area (Å²) in [6.45, 7) is 0. The second-order valence-corrected chi connectivity index (χ2v) is 9.64. The number of anilines is 1. The number of fused-ring (bicyclic) bond motifs is 1. The predicted octanol–water partition coefficient (Wildman–Crippen LogP) is 5.54. The van der Waals surface area contributed by atoms with Gasteiger partial charge in [-0.05, 0) is 59.5 Å². The van der Waals surface area contributed by atoms with Gasteiger partial charge in [0.2, 0.25) is 11.8 Å². The zero-order valence-electron chi connectivity index (χ0n) is 20.9. The SMILES string of the molecule is NC(=O)c1cccc(-c2cccnc2[C@@H](CC(=O)CC2C(=O)Nc3ccccc32)Cc2cc(F)cc(F)c2)c1. The average Bonchev–Trinajstić information content (AvgIpc) is 3.22. The van der Waals surface area contributed by atoms with E-state index in [1.807, 2.05) is 24.3 Å². The van der Waals surface area contributed by atoms with Crippen LogP contribution in [0.3, 0.4) is 0 Å². The molecule has 0 radical (unpaired) electrons. The van der Waals surface area contributed by atoms with Crippen LogP contribution in [0.15, 0.2) is 85.1 Å². The molecule has 2 amide bonds. The number of nitrogens with one attached hydrogen (secondary N) is 1. The minimum atomic E-state index is -0.718. The molecule has 196 valence electrons. The number of carbonyl (C=O) groups excluding carboxylic acids is 3. The molecule has 1 aliphatic heterocycles. The molecule has 1 unspecified atom stereocenters. The number of rotatable bonds is 9. The normalized spacial score (nSPS) is 14.9. The quantitative estimate of drug-likeness (QED) is 0.300. The number of ketones is 1. The summed E-state index contributed by atoms with van der Waals surface area (Å²) in [7, 11) is 0. The first kappa shape index (κ1) is 25.9. The molecule has 3 aromatic carbocycles. The van der Waals surface area contributed by atoms with E-state index in [0.717, 1.165) is 11.6 Å². The molecule has 0 bridgehead atoms. The molecule has 0 spiro atoms. The highest BCUT2D eigenvalue weighted by Crippen LogP contribution is 2.37. The highest BCUT2D eigenvalue weighted by atomic mass is 19.1. The molecule has 2 heterocycles. The van der Waals surface area contributed by atoms with Crippen molar-refractivity contribution in [1.29, 1.82) is 0 Å². The topological polar surface area (TPSA) is 102 Å². The third-order valence-corrected chi connectivity index (χ3v) is 6.90. The van der Waals surface area contributed by atoms with Crippen molar-refractivity contribution in [2.24, 2.45) is 5.73 Å². The first-order valence-corrected chi connectivity index (χ1v) is 12.5. The molecule has 1 aromatic heterocycles. The van der Waals surface area contributed by atoms with Crippen molar-refractivity contribution in [1.82, 2.24) is 4.98 Å². The third-order valence-electron chi connectivity index (χ3n) is 6.90. The van der Waals surface area contributed by atoms with Gasteiger partial charge < -0.3 is 11.1 Å². The van der Waals surface area contributed by atoms with Crippen LogP contribution in [-0.2, 0) is 16.0 Å². The number of hydrogen-bond acceptors (Lipinski definition) is 4. The lowest BCUT2D eigenvalue weighted by Crippen LogP contribution is -2.19. The molecule has 4 aromatic rings. The molecule has 6 nitrogen and oxygen atoms in total. The van der Waals surface area contributed by atoms with Crippen molar-refractivity contribution in [3.8, 4) is 11.1 Å². The maximum atomic E-state index is 14.1. The molecule has 0 aliphatic carbocycles. The van der Waals surface area contributed by atoms with E-state index in [4.69, 9.17) is 5.73 Å². The second-order valence-electron chi connectivity index (χ2n) is 9.64. The first-order chi connectivity index (χ1) is 18.8. The Labute approximate surface area is 223 Å². The number of para-hydroxylation sites is 1. The Bertz CT molecular complexity index is 1570. The molecule has 0 saturated carbocycles. The summed E-state index contributed by atoms with van der Waals surface area (Å²) < 4.78 is 28.1. The lowest BCUT2D eigenvalue weighted by molar-refractivity contribution is -0.124. The summed E-state index contributed by atoms with van der Waals surface area (Å²) in [5.74, 6) is -3.62. The van der Waals surface area contributed by atoms with Crippen molar-refractivity contribution in [2.75, 3.05) is 5.32 Å². The van der Waals surface area contributed by atoms with E-state index >= 15 is 0 Å². The number of nitrogens with two attached hydrogens (primary N) is 1. The number of carbonyl (C=O) groups is 3. The van der Waals surface area contributed by atoms with Gasteiger partial charge in [0, 0.05) is 47.8 Å². The van der Waals surface area contributed by atoms with Crippen molar-refractivity contribution in [3.63, 3.8) is 0 Å². The number of halogens is 2. The van der Waals surface area contributed by atoms with Gasteiger partial charge in [0.25, 0.3) is 0 Å². The molecule has 0 fully saturated rings. The van der Waals surface area contributed by atoms with Gasteiger partial charge in [-0.25, -0.2) is 8.78 Å². The molecule has 8 heteroatoms. The standard InChI is InChI=1S/C31H25F2N3O3/c32-22-12-18(13-23(33)16-22)11-21(15-24(37)17-27-26-7-1-2-9-28(26)36-31(27)39)29-25(8-4-10-35-29)19-5-3-6-20(14-19)30(34)38/h1-10,12-14,16,21,27H,11,15,17H2,(H2,34,38)(H,36,39)/t21-,27?/m1/s1. The van der Waals surface area contributed by atoms with Crippen LogP contribution in [0.5, 0.6) is 0 Å². The fourth-order valence-electron chi connectivity index (χ4n) is 5.17. The summed E-state index contributed by atoms with van der Waals surface area (Å²) in [5, 5.41) is 2.81. The minimum absolute atomic E-state index is 0.0103. The molecular formula is C31H25F2N3O3. The molecule has 2 atom stereocenters. The van der Waals surface area contributed by atoms with Crippen LogP contribution in [0.25, 0.3) is 11.1 Å². The Morgan fingerprint density at radius 1 is 0.949 bits per heavy atom. The Morgan fingerprint density at radius 3 is 2.49 bits per heavy atom. The van der Waals surface area contributed by atoms with Gasteiger partial charge in [-0.15, -0.1) is 0 Å². The van der Waals surface area contributed by atoms with Gasteiger partial charge in [0.05, 0.1) is 11.6 Å². The van der Waals surface area contributed by atoms with E-state index in [9.17, 15) is 23.2 Å². The summed E-state index contributed by atoms with van der Waals surface area (Å²) in [6, 6.07) is 20.8. The molecule has 39 heavy (non-hydrogen) atoms. The number of benzene rings is 3. The fourth-order valence-corrected chi connectivity index (χ4v) is 5.17. The van der Waals surface area contributed by atoms with E-state index in [1.54, 1.807) is 42.6 Å². The lowest BCUT2D eigenvalue weighted by Gasteiger charge is -2.20. The highest BCUT2D eigenvalue weighted by Gasteiger charge is 2.33. The van der Waals surface area contributed by atoms with Crippen LogP contribution >= 0.6 is 0 Å². The molecular weight excluding hydrogens is 500 g/mol. The highest BCUT2D eigenvalue weighted by molar-refractivity contribution is 6.05. The van der Waals surface area contributed by atoms with E-state index in [1.165, 1.54) is 12.1 Å². The number of Topliss-reactive ketones (excluding diaryl/α,β-unsaturated/α-hetero) is 1. The molecule has 0 saturated heterocycles. The van der Waals surface area contributed by atoms with Crippen LogP contribution in [0.2, 0.25) is 0 Å². The second kappa shape index (κ2) is 10.9. The van der Waals surface area contributed by atoms with Gasteiger partial charge >= 0.3 is 0 Å². The third kappa shape index (κ3) is 5.75. The summed E-state index contributed by atoms with van der Waals surface area (Å²) in [4.78, 5) is 42.4. The van der Waals surface area contributed by atoms with Gasteiger partial charge in [-0.1, -0.05) is 36.4 Å². The lowest BCUT2D eigenvalue weighted by atomic mass is 9.84. The Hall–Kier alpha value is -4.72. The van der Waals surface area contributed by atoms with Crippen LogP contribution in [0.4, 0.5) is 14.5 Å². The summed E-state index contributed by atoms with van der Waals surface area (Å²) in [5.41, 5.74) is 9.48. The van der Waals surface area contributed by atoms with Crippen molar-refractivity contribution < 1.29 is 23.2 Å². The number of pyridine rings is 1. The Balaban J connectivity index is 1.50. The smallest absolute Gasteiger partial charge is 0.248 e. The monoisotopic (exact) mass is 525 g/mol. The van der Waals surface area contributed by atoms with Gasteiger partial charge in [0.15, 0.2) is 0 Å². The van der Waals surface area contributed by atoms with Crippen molar-refractivity contribution in [3.05, 3.63) is 119 Å². The van der Waals surface area contributed by atoms with Gasteiger partial charge in [-0.2, -0.15) is 0 Å². The van der Waals surface area contributed by atoms with Crippen LogP contribution < -0.4 is 11.1 Å². The number of amides is 2. The zero-order valence-corrected chi connectivity index (χ0v) is 20.9. The zero-order chi connectivity index (χ0) is 27.5. The predicted molar refractivity (Wildman–Crippen MR) is 143 cm³/mol. The maximum Gasteiger partial charge on any atom is 0.248 e. The molecule has 3 N–H and O–H groups in total. The summed E-state index contributed by atoms with van der Waals surface area (Å²) in [6.07, 6.45) is 1.69. The van der Waals surface area contributed by atoms with Crippen LogP contribution in [0, 0.1) is 11.6 Å². The molecule has 5 rings (SSSR count). The first-order valence-electron chi connectivity index (χ1n) is 12.5. The van der Waals surface area contributed by atoms with Gasteiger partial charge in [0.1, 0.15) is 17.4 Å². The van der Waals surface area contributed by atoms with E-state index in [-0.39, 0.29) is 31.0 Å². The minimum Gasteiger partial charge on any atom is -0.366 e. The number of nitrogens with zero attached hydrogens (tertiary/aromatic N) is 1. The van der Waals surface area contributed by atoms with Gasteiger partial charge in [-0.3, -0.25) is 19.4 Å². The largest absolute Gasteiger partial charge is 0.366 e. The summed E-state index contributed by atoms with van der Waals surface area (Å²) >= 11 is 0. The van der Waals surface area contributed by atoms with E-state index in [2.05, 4.69) is 10.3 Å². The van der Waals surface area contributed by atoms with E-state index < -0.39 is 29.4 Å². The van der Waals surface area contributed by atoms with Crippen LogP contribution in [-0.4, -0.2) is 22.6 Å². The maximum absolute atomic E-state index is 14.1. The fraction of sp³-hybridized carbons (Fsp3) is 0.161. The van der Waals surface area contributed by atoms with E-state index in [0.29, 0.717) is 33.6 Å². The Kier molecular flexibility index (Phi) is 7.27. The number of hydrogen-bond donors (Lipinski definition) is 2. The average molecular weight is 526 g/mol. The Morgan fingerprint density at radius 2 is 1.72 bits per heavy atom. The number of aromatic nitrogens is 1. The number of primary amides is 1. The van der Waals surface area contributed by atoms with Crippen LogP contribution in [0.1, 0.15) is 51.9 Å². The van der Waals surface area contributed by atoms with Crippen molar-refractivity contribution in [2.45, 2.75) is 31.1 Å². The molecule has 1 aliphatic rings.